The van der Waals surface area contributed by atoms with E-state index < -0.39 is 0 Å². The molecule has 108 valence electrons. The normalized spacial score (nSPS) is 10.8. The maximum absolute atomic E-state index is 4.68. The molecule has 0 aliphatic carbocycles. The topological polar surface area (TPSA) is 55.6 Å². The Morgan fingerprint density at radius 1 is 1.20 bits per heavy atom. The number of hydrogen-bond acceptors (Lipinski definition) is 4. The van der Waals surface area contributed by atoms with Crippen molar-refractivity contribution in [1.29, 1.82) is 0 Å². The molecule has 20 heavy (non-hydrogen) atoms. The third-order valence-electron chi connectivity index (χ3n) is 3.32. The Morgan fingerprint density at radius 3 is 2.65 bits per heavy atom. The summed E-state index contributed by atoms with van der Waals surface area (Å²) < 4.78 is 2.11. The maximum atomic E-state index is 4.68. The Morgan fingerprint density at radius 2 is 2.00 bits per heavy atom. The number of imidazole rings is 1. The standard InChI is InChI=1S/C15H23N5/c1-5-8-16-14-11(4)13(18-12(6-2)19-14)15-17-9-10-20(15)7-3/h9-10H,5-8H2,1-4H3,(H,16,18,19). The predicted molar refractivity (Wildman–Crippen MR) is 81.8 cm³/mol. The highest BCUT2D eigenvalue weighted by atomic mass is 15.1. The van der Waals surface area contributed by atoms with Gasteiger partial charge in [0.2, 0.25) is 0 Å². The quantitative estimate of drug-likeness (QED) is 0.879. The summed E-state index contributed by atoms with van der Waals surface area (Å²) in [6, 6.07) is 0. The first-order valence-corrected chi connectivity index (χ1v) is 7.34. The molecule has 0 fully saturated rings. The molecule has 2 heterocycles. The van der Waals surface area contributed by atoms with E-state index >= 15 is 0 Å². The van der Waals surface area contributed by atoms with Gasteiger partial charge in [-0.05, 0) is 20.3 Å². The van der Waals surface area contributed by atoms with E-state index in [1.54, 1.807) is 0 Å². The van der Waals surface area contributed by atoms with Crippen LogP contribution in [0.3, 0.4) is 0 Å². The first kappa shape index (κ1) is 14.5. The SMILES string of the molecule is CCCNc1nc(CC)nc(-c2nccn2CC)c1C. The average molecular weight is 273 g/mol. The van der Waals surface area contributed by atoms with Crippen LogP contribution in [0.15, 0.2) is 12.4 Å². The molecule has 0 atom stereocenters. The van der Waals surface area contributed by atoms with Gasteiger partial charge in [-0.15, -0.1) is 0 Å². The van der Waals surface area contributed by atoms with E-state index in [1.165, 1.54) is 0 Å². The smallest absolute Gasteiger partial charge is 0.159 e. The van der Waals surface area contributed by atoms with E-state index in [9.17, 15) is 0 Å². The van der Waals surface area contributed by atoms with Gasteiger partial charge in [0.05, 0.1) is 0 Å². The first-order valence-electron chi connectivity index (χ1n) is 7.34. The van der Waals surface area contributed by atoms with Crippen molar-refractivity contribution < 1.29 is 0 Å². The van der Waals surface area contributed by atoms with Crippen LogP contribution in [0.25, 0.3) is 11.5 Å². The molecule has 1 N–H and O–H groups in total. The third kappa shape index (κ3) is 2.81. The summed E-state index contributed by atoms with van der Waals surface area (Å²) in [5.41, 5.74) is 2.00. The van der Waals surface area contributed by atoms with Crippen molar-refractivity contribution >= 4 is 5.82 Å². The molecule has 0 saturated heterocycles. The summed E-state index contributed by atoms with van der Waals surface area (Å²) >= 11 is 0. The van der Waals surface area contributed by atoms with Crippen LogP contribution >= 0.6 is 0 Å². The number of anilines is 1. The lowest BCUT2D eigenvalue weighted by molar-refractivity contribution is 0.764. The van der Waals surface area contributed by atoms with Crippen molar-refractivity contribution in [2.75, 3.05) is 11.9 Å². The van der Waals surface area contributed by atoms with Gasteiger partial charge in [-0.1, -0.05) is 13.8 Å². The second kappa shape index (κ2) is 6.50. The summed E-state index contributed by atoms with van der Waals surface area (Å²) in [6.07, 6.45) is 5.71. The molecule has 0 aromatic carbocycles. The lowest BCUT2D eigenvalue weighted by atomic mass is 10.2. The molecular formula is C15H23N5. The zero-order valence-corrected chi connectivity index (χ0v) is 12.8. The zero-order chi connectivity index (χ0) is 14.5. The molecule has 0 spiro atoms. The van der Waals surface area contributed by atoms with Crippen LogP contribution in [0.2, 0.25) is 0 Å². The molecule has 0 radical (unpaired) electrons. The molecule has 0 saturated carbocycles. The molecule has 0 amide bonds. The van der Waals surface area contributed by atoms with Gasteiger partial charge in [-0.2, -0.15) is 0 Å². The Bertz CT molecular complexity index is 574. The summed E-state index contributed by atoms with van der Waals surface area (Å²) in [6.45, 7) is 10.2. The number of rotatable bonds is 6. The highest BCUT2D eigenvalue weighted by Crippen LogP contribution is 2.25. The molecule has 2 aromatic heterocycles. The molecule has 2 aromatic rings. The Balaban J connectivity index is 2.51. The van der Waals surface area contributed by atoms with E-state index in [4.69, 9.17) is 0 Å². The Kier molecular flexibility index (Phi) is 4.71. The van der Waals surface area contributed by atoms with Crippen LogP contribution in [0, 0.1) is 6.92 Å². The molecule has 0 bridgehead atoms. The minimum absolute atomic E-state index is 0.820. The lowest BCUT2D eigenvalue weighted by Crippen LogP contribution is -2.10. The van der Waals surface area contributed by atoms with Gasteiger partial charge in [0.1, 0.15) is 17.3 Å². The van der Waals surface area contributed by atoms with Crippen LogP contribution in [0.5, 0.6) is 0 Å². The number of hydrogen-bond donors (Lipinski definition) is 1. The van der Waals surface area contributed by atoms with Crippen molar-refractivity contribution in [2.24, 2.45) is 0 Å². The Hall–Kier alpha value is -1.91. The van der Waals surface area contributed by atoms with Crippen LogP contribution in [0.1, 0.15) is 38.6 Å². The molecule has 0 unspecified atom stereocenters. The van der Waals surface area contributed by atoms with E-state index in [0.29, 0.717) is 0 Å². The van der Waals surface area contributed by atoms with Crippen molar-refractivity contribution in [3.05, 3.63) is 23.8 Å². The van der Waals surface area contributed by atoms with E-state index in [1.807, 2.05) is 12.4 Å². The van der Waals surface area contributed by atoms with Gasteiger partial charge in [-0.25, -0.2) is 15.0 Å². The third-order valence-corrected chi connectivity index (χ3v) is 3.32. The highest BCUT2D eigenvalue weighted by Gasteiger charge is 2.15. The zero-order valence-electron chi connectivity index (χ0n) is 12.8. The van der Waals surface area contributed by atoms with Crippen molar-refractivity contribution in [2.45, 2.75) is 47.1 Å². The molecule has 0 aliphatic rings. The number of nitrogens with one attached hydrogen (secondary N) is 1. The summed E-state index contributed by atoms with van der Waals surface area (Å²) in [7, 11) is 0. The summed E-state index contributed by atoms with van der Waals surface area (Å²) in [5, 5.41) is 3.39. The molecular weight excluding hydrogens is 250 g/mol. The minimum atomic E-state index is 0.820. The van der Waals surface area contributed by atoms with Gasteiger partial charge < -0.3 is 9.88 Å². The van der Waals surface area contributed by atoms with Gasteiger partial charge in [0.15, 0.2) is 5.82 Å². The predicted octanol–water partition coefficient (Wildman–Crippen LogP) is 3.05. The van der Waals surface area contributed by atoms with E-state index in [2.05, 4.69) is 52.5 Å². The van der Waals surface area contributed by atoms with Crippen molar-refractivity contribution in [1.82, 2.24) is 19.5 Å². The Labute approximate surface area is 120 Å². The monoisotopic (exact) mass is 273 g/mol. The van der Waals surface area contributed by atoms with Crippen LogP contribution < -0.4 is 5.32 Å². The lowest BCUT2D eigenvalue weighted by Gasteiger charge is -2.13. The summed E-state index contributed by atoms with van der Waals surface area (Å²) in [4.78, 5) is 13.7. The fourth-order valence-electron chi connectivity index (χ4n) is 2.14. The number of aryl methyl sites for hydroxylation is 2. The second-order valence-corrected chi connectivity index (χ2v) is 4.78. The average Bonchev–Trinajstić information content (AvgIpc) is 2.94. The molecule has 0 aliphatic heterocycles. The molecule has 5 heteroatoms. The van der Waals surface area contributed by atoms with Crippen LogP contribution in [-0.2, 0) is 13.0 Å². The fraction of sp³-hybridized carbons (Fsp3) is 0.533. The van der Waals surface area contributed by atoms with Gasteiger partial charge >= 0.3 is 0 Å². The summed E-state index contributed by atoms with van der Waals surface area (Å²) in [5.74, 6) is 2.70. The van der Waals surface area contributed by atoms with Crippen molar-refractivity contribution in [3.63, 3.8) is 0 Å². The molecule has 5 nitrogen and oxygen atoms in total. The van der Waals surface area contributed by atoms with Crippen LogP contribution in [-0.4, -0.2) is 26.1 Å². The molecule has 2 rings (SSSR count). The minimum Gasteiger partial charge on any atom is -0.370 e. The van der Waals surface area contributed by atoms with E-state index in [0.717, 1.165) is 54.7 Å². The second-order valence-electron chi connectivity index (χ2n) is 4.78. The van der Waals surface area contributed by atoms with Gasteiger partial charge in [0.25, 0.3) is 0 Å². The van der Waals surface area contributed by atoms with Gasteiger partial charge in [0, 0.05) is 37.5 Å². The first-order chi connectivity index (χ1) is 9.71. The highest BCUT2D eigenvalue weighted by molar-refractivity contribution is 5.63. The van der Waals surface area contributed by atoms with Crippen molar-refractivity contribution in [3.8, 4) is 11.5 Å². The number of aromatic nitrogens is 4. The van der Waals surface area contributed by atoms with Crippen LogP contribution in [0.4, 0.5) is 5.82 Å². The number of nitrogens with zero attached hydrogens (tertiary/aromatic N) is 4. The van der Waals surface area contributed by atoms with Gasteiger partial charge in [-0.3, -0.25) is 0 Å². The largest absolute Gasteiger partial charge is 0.370 e. The van der Waals surface area contributed by atoms with E-state index in [-0.39, 0.29) is 0 Å². The fourth-order valence-corrected chi connectivity index (χ4v) is 2.14. The maximum Gasteiger partial charge on any atom is 0.159 e.